The van der Waals surface area contributed by atoms with E-state index in [1.165, 1.54) is 11.1 Å². The number of nitrogens with zero attached hydrogens (tertiary/aromatic N) is 4. The Morgan fingerprint density at radius 3 is 3.00 bits per heavy atom. The van der Waals surface area contributed by atoms with Crippen LogP contribution in [0.15, 0.2) is 83.4 Å². The quantitative estimate of drug-likeness (QED) is 0.548. The molecule has 0 spiro atoms. The van der Waals surface area contributed by atoms with Gasteiger partial charge in [-0.15, -0.1) is 0 Å². The van der Waals surface area contributed by atoms with Crippen LogP contribution >= 0.6 is 0 Å². The van der Waals surface area contributed by atoms with Crippen molar-refractivity contribution in [2.45, 2.75) is 6.92 Å². The molecule has 3 aliphatic rings. The molecule has 1 aliphatic heterocycles. The van der Waals surface area contributed by atoms with E-state index in [1.807, 2.05) is 43.3 Å². The number of amides is 1. The van der Waals surface area contributed by atoms with Gasteiger partial charge in [0.05, 0.1) is 18.7 Å². The third-order valence-electron chi connectivity index (χ3n) is 6.51. The number of nitrogens with two attached hydrogens (primary N) is 1. The number of morpholine rings is 1. The monoisotopic (exact) mass is 475 g/mol. The highest BCUT2D eigenvalue weighted by Crippen LogP contribution is 2.44. The van der Waals surface area contributed by atoms with Gasteiger partial charge in [-0.1, -0.05) is 54.1 Å². The number of benzene rings is 2. The van der Waals surface area contributed by atoms with Crippen LogP contribution in [0.3, 0.4) is 0 Å². The number of aliphatic imine (C=N–C) groups is 1. The third kappa shape index (κ3) is 4.25. The van der Waals surface area contributed by atoms with E-state index in [0.29, 0.717) is 30.6 Å². The van der Waals surface area contributed by atoms with Crippen LogP contribution in [0, 0.1) is 12.8 Å². The molecule has 6 rings (SSSR count). The van der Waals surface area contributed by atoms with Crippen LogP contribution in [-0.2, 0) is 9.53 Å². The molecule has 1 unspecified atom stereocenters. The molecule has 0 radical (unpaired) electrons. The van der Waals surface area contributed by atoms with E-state index in [2.05, 4.69) is 40.3 Å². The van der Waals surface area contributed by atoms with Crippen molar-refractivity contribution in [1.82, 2.24) is 9.97 Å². The Kier molecular flexibility index (Phi) is 5.54. The lowest BCUT2D eigenvalue weighted by atomic mass is 9.96. The lowest BCUT2D eigenvalue weighted by Crippen LogP contribution is -2.42. The van der Waals surface area contributed by atoms with E-state index in [-0.39, 0.29) is 18.5 Å². The Morgan fingerprint density at radius 1 is 1.22 bits per heavy atom. The second-order valence-electron chi connectivity index (χ2n) is 9.06. The highest BCUT2D eigenvalue weighted by atomic mass is 16.5. The topological polar surface area (TPSA) is 93.7 Å². The molecule has 1 saturated heterocycles. The summed E-state index contributed by atoms with van der Waals surface area (Å²) in [6.45, 7) is 2.95. The Hall–Kier alpha value is -4.36. The van der Waals surface area contributed by atoms with Crippen molar-refractivity contribution in [1.29, 1.82) is 0 Å². The number of hydrogen-bond donors (Lipinski definition) is 1. The fraction of sp³-hybridized carbons (Fsp3) is 0.172. The number of aromatic nitrogens is 2. The van der Waals surface area contributed by atoms with Crippen LogP contribution in [0.4, 0.5) is 11.8 Å². The second-order valence-corrected chi connectivity index (χ2v) is 9.06. The Balaban J connectivity index is 1.40. The van der Waals surface area contributed by atoms with Crippen LogP contribution in [0.2, 0.25) is 0 Å². The van der Waals surface area contributed by atoms with Crippen LogP contribution in [-0.4, -0.2) is 41.8 Å². The standard InChI is InChI=1S/C29H25N5O2/c1-18-4-2-6-21(14-18)25(30)10-11-31-29-32-26-16-20(22-7-3-5-19-15-24(19)22)8-9-23(26)28(33-29)34-12-13-36-17-27(34)35/h2-11,14-16,19H,12-13,17,30H2,1H3/b25-10-,31-11+. The number of carbonyl (C=O) groups excluding carboxylic acids is 1. The van der Waals surface area contributed by atoms with Crippen LogP contribution in [0.1, 0.15) is 16.7 Å². The van der Waals surface area contributed by atoms with Crippen molar-refractivity contribution in [3.8, 4) is 0 Å². The second kappa shape index (κ2) is 9.02. The Morgan fingerprint density at radius 2 is 2.14 bits per heavy atom. The smallest absolute Gasteiger partial charge is 0.254 e. The largest absolute Gasteiger partial charge is 0.398 e. The molecular formula is C29H25N5O2. The molecule has 1 fully saturated rings. The molecule has 2 aliphatic carbocycles. The number of anilines is 1. The van der Waals surface area contributed by atoms with Gasteiger partial charge in [-0.05, 0) is 53.5 Å². The molecule has 36 heavy (non-hydrogen) atoms. The van der Waals surface area contributed by atoms with Gasteiger partial charge in [0.1, 0.15) is 12.4 Å². The molecule has 0 saturated carbocycles. The number of allylic oxidation sites excluding steroid dienone is 7. The summed E-state index contributed by atoms with van der Waals surface area (Å²) in [6.07, 6.45) is 12.0. The SMILES string of the molecule is Cc1cccc(/C(N)=C/C=N/c2nc(N3CCOCC3=O)c3ccc(C4=CC=CC5C=C45)cc3n2)c1. The summed E-state index contributed by atoms with van der Waals surface area (Å²) in [4.78, 5) is 28.2. The summed E-state index contributed by atoms with van der Waals surface area (Å²) < 4.78 is 5.33. The average molecular weight is 476 g/mol. The molecule has 178 valence electrons. The zero-order valence-electron chi connectivity index (χ0n) is 19.9. The van der Waals surface area contributed by atoms with Crippen molar-refractivity contribution < 1.29 is 9.53 Å². The van der Waals surface area contributed by atoms with Gasteiger partial charge in [0.25, 0.3) is 11.9 Å². The number of carbonyl (C=O) groups is 1. The Labute approximate surface area is 209 Å². The molecule has 1 aromatic heterocycles. The van der Waals surface area contributed by atoms with Crippen LogP contribution in [0.5, 0.6) is 0 Å². The number of fused-ring (bicyclic) bond motifs is 2. The van der Waals surface area contributed by atoms with Gasteiger partial charge in [0, 0.05) is 23.2 Å². The summed E-state index contributed by atoms with van der Waals surface area (Å²) in [5.74, 6) is 1.13. The van der Waals surface area contributed by atoms with E-state index in [0.717, 1.165) is 27.6 Å². The van der Waals surface area contributed by atoms with Crippen LogP contribution in [0.25, 0.3) is 22.2 Å². The summed E-state index contributed by atoms with van der Waals surface area (Å²) in [7, 11) is 0. The first-order chi connectivity index (χ1) is 17.6. The van der Waals surface area contributed by atoms with E-state index < -0.39 is 0 Å². The van der Waals surface area contributed by atoms with Crippen molar-refractivity contribution in [3.05, 3.63) is 95.1 Å². The van der Waals surface area contributed by atoms with E-state index >= 15 is 0 Å². The van der Waals surface area contributed by atoms with Gasteiger partial charge in [-0.3, -0.25) is 9.69 Å². The molecule has 7 nitrogen and oxygen atoms in total. The minimum atomic E-state index is -0.130. The summed E-state index contributed by atoms with van der Waals surface area (Å²) in [6, 6.07) is 14.1. The molecule has 1 amide bonds. The number of rotatable bonds is 5. The van der Waals surface area contributed by atoms with E-state index in [1.54, 1.807) is 17.2 Å². The Bertz CT molecular complexity index is 1550. The molecule has 1 atom stereocenters. The van der Waals surface area contributed by atoms with Gasteiger partial charge >= 0.3 is 0 Å². The van der Waals surface area contributed by atoms with Crippen molar-refractivity contribution in [3.63, 3.8) is 0 Å². The zero-order chi connectivity index (χ0) is 24.6. The predicted octanol–water partition coefficient (Wildman–Crippen LogP) is 4.51. The van der Waals surface area contributed by atoms with E-state index in [4.69, 9.17) is 15.5 Å². The molecule has 2 N–H and O–H groups in total. The van der Waals surface area contributed by atoms with Gasteiger partial charge in [0.2, 0.25) is 0 Å². The van der Waals surface area contributed by atoms with Gasteiger partial charge < -0.3 is 10.5 Å². The zero-order valence-corrected chi connectivity index (χ0v) is 19.9. The fourth-order valence-electron chi connectivity index (χ4n) is 4.58. The third-order valence-corrected chi connectivity index (χ3v) is 6.51. The molecule has 2 heterocycles. The number of aryl methyl sites for hydroxylation is 1. The van der Waals surface area contributed by atoms with Gasteiger partial charge in [-0.2, -0.15) is 4.98 Å². The van der Waals surface area contributed by atoms with Crippen LogP contribution < -0.4 is 10.6 Å². The molecule has 7 heteroatoms. The fourth-order valence-corrected chi connectivity index (χ4v) is 4.58. The summed E-state index contributed by atoms with van der Waals surface area (Å²) >= 11 is 0. The maximum atomic E-state index is 12.7. The van der Waals surface area contributed by atoms with Gasteiger partial charge in [-0.25, -0.2) is 9.98 Å². The highest BCUT2D eigenvalue weighted by Gasteiger charge is 2.29. The summed E-state index contributed by atoms with van der Waals surface area (Å²) in [5.41, 5.74) is 13.2. The van der Waals surface area contributed by atoms with Crippen molar-refractivity contribution >= 4 is 46.1 Å². The minimum absolute atomic E-state index is 0.0344. The number of hydrogen-bond acceptors (Lipinski definition) is 6. The lowest BCUT2D eigenvalue weighted by molar-refractivity contribution is -0.125. The predicted molar refractivity (Wildman–Crippen MR) is 143 cm³/mol. The van der Waals surface area contributed by atoms with Gasteiger partial charge in [0.15, 0.2) is 0 Å². The first-order valence-electron chi connectivity index (χ1n) is 11.9. The first kappa shape index (κ1) is 22.1. The lowest BCUT2D eigenvalue weighted by Gasteiger charge is -2.27. The molecule has 2 aromatic carbocycles. The molecule has 0 bridgehead atoms. The van der Waals surface area contributed by atoms with Crippen molar-refractivity contribution in [2.24, 2.45) is 16.6 Å². The van der Waals surface area contributed by atoms with Crippen molar-refractivity contribution in [2.75, 3.05) is 24.7 Å². The number of ether oxygens (including phenoxy) is 1. The molecule has 3 aromatic rings. The maximum Gasteiger partial charge on any atom is 0.254 e. The normalized spacial score (nSPS) is 19.5. The minimum Gasteiger partial charge on any atom is -0.398 e. The molecular weight excluding hydrogens is 450 g/mol. The maximum absolute atomic E-state index is 12.7. The average Bonchev–Trinajstić information content (AvgIpc) is 3.68. The summed E-state index contributed by atoms with van der Waals surface area (Å²) in [5, 5.41) is 0.802. The van der Waals surface area contributed by atoms with E-state index in [9.17, 15) is 4.79 Å². The highest BCUT2D eigenvalue weighted by molar-refractivity contribution is 6.03. The first-order valence-corrected chi connectivity index (χ1v) is 11.9.